The van der Waals surface area contributed by atoms with E-state index >= 15 is 0 Å². The summed E-state index contributed by atoms with van der Waals surface area (Å²) in [4.78, 5) is 13.1. The van der Waals surface area contributed by atoms with Crippen molar-refractivity contribution in [1.82, 2.24) is 19.5 Å². The van der Waals surface area contributed by atoms with Crippen LogP contribution in [0.25, 0.3) is 11.0 Å². The standard InChI is InChI=1S/C14H14N4O/c1-10-7-14(19-2)17-13(16-10)8-18-9-15-11-5-3-4-6-12(11)18/h3-7,9H,8H2,1-2H3. The van der Waals surface area contributed by atoms with Gasteiger partial charge in [0.25, 0.3) is 0 Å². The lowest BCUT2D eigenvalue weighted by Gasteiger charge is -2.06. The molecule has 0 aliphatic carbocycles. The Morgan fingerprint density at radius 2 is 2.05 bits per heavy atom. The molecule has 5 nitrogen and oxygen atoms in total. The van der Waals surface area contributed by atoms with E-state index in [9.17, 15) is 0 Å². The maximum Gasteiger partial charge on any atom is 0.216 e. The number of para-hydroxylation sites is 2. The van der Waals surface area contributed by atoms with Gasteiger partial charge >= 0.3 is 0 Å². The quantitative estimate of drug-likeness (QED) is 0.719. The van der Waals surface area contributed by atoms with Gasteiger partial charge in [0.05, 0.1) is 31.0 Å². The van der Waals surface area contributed by atoms with E-state index in [1.165, 1.54) is 0 Å². The summed E-state index contributed by atoms with van der Waals surface area (Å²) in [6.45, 7) is 2.51. The highest BCUT2D eigenvalue weighted by molar-refractivity contribution is 5.74. The molecule has 2 aromatic heterocycles. The molecule has 19 heavy (non-hydrogen) atoms. The van der Waals surface area contributed by atoms with Gasteiger partial charge in [0, 0.05) is 11.8 Å². The molecule has 0 spiro atoms. The average molecular weight is 254 g/mol. The fourth-order valence-corrected chi connectivity index (χ4v) is 2.06. The maximum absolute atomic E-state index is 5.17. The van der Waals surface area contributed by atoms with Crippen LogP contribution in [0.4, 0.5) is 0 Å². The largest absolute Gasteiger partial charge is 0.481 e. The maximum atomic E-state index is 5.17. The minimum absolute atomic E-state index is 0.582. The molecule has 0 aliphatic heterocycles. The first-order valence-electron chi connectivity index (χ1n) is 6.04. The number of rotatable bonds is 3. The minimum Gasteiger partial charge on any atom is -0.481 e. The molecule has 0 N–H and O–H groups in total. The normalized spacial score (nSPS) is 10.8. The van der Waals surface area contributed by atoms with Crippen molar-refractivity contribution >= 4 is 11.0 Å². The third kappa shape index (κ3) is 2.27. The third-order valence-electron chi connectivity index (χ3n) is 2.93. The van der Waals surface area contributed by atoms with E-state index in [-0.39, 0.29) is 0 Å². The molecule has 3 rings (SSSR count). The number of fused-ring (bicyclic) bond motifs is 1. The molecular formula is C14H14N4O. The third-order valence-corrected chi connectivity index (χ3v) is 2.93. The molecule has 0 bridgehead atoms. The Kier molecular flexibility index (Phi) is 2.87. The van der Waals surface area contributed by atoms with Gasteiger partial charge in [-0.3, -0.25) is 0 Å². The smallest absolute Gasteiger partial charge is 0.216 e. The van der Waals surface area contributed by atoms with Gasteiger partial charge in [0.2, 0.25) is 5.88 Å². The predicted molar refractivity (Wildman–Crippen MR) is 72.2 cm³/mol. The van der Waals surface area contributed by atoms with Gasteiger partial charge in [-0.1, -0.05) is 12.1 Å². The molecule has 0 atom stereocenters. The van der Waals surface area contributed by atoms with Gasteiger partial charge < -0.3 is 9.30 Å². The summed E-state index contributed by atoms with van der Waals surface area (Å²) in [6.07, 6.45) is 1.81. The molecule has 0 radical (unpaired) electrons. The van der Waals surface area contributed by atoms with Gasteiger partial charge in [0.1, 0.15) is 0 Å². The number of ether oxygens (including phenoxy) is 1. The number of hydrogen-bond acceptors (Lipinski definition) is 4. The van der Waals surface area contributed by atoms with E-state index in [0.717, 1.165) is 22.6 Å². The number of aromatic nitrogens is 4. The van der Waals surface area contributed by atoms with E-state index in [2.05, 4.69) is 15.0 Å². The van der Waals surface area contributed by atoms with Crippen molar-refractivity contribution in [3.05, 3.63) is 48.2 Å². The zero-order valence-corrected chi connectivity index (χ0v) is 10.9. The first kappa shape index (κ1) is 11.6. The Balaban J connectivity index is 1.99. The van der Waals surface area contributed by atoms with Crippen LogP contribution in [0.5, 0.6) is 5.88 Å². The van der Waals surface area contributed by atoms with E-state index < -0.39 is 0 Å². The summed E-state index contributed by atoms with van der Waals surface area (Å²) in [5.74, 6) is 1.31. The summed E-state index contributed by atoms with van der Waals surface area (Å²) >= 11 is 0. The van der Waals surface area contributed by atoms with Crippen molar-refractivity contribution in [3.8, 4) is 5.88 Å². The second-order valence-corrected chi connectivity index (χ2v) is 4.33. The zero-order valence-electron chi connectivity index (χ0n) is 10.9. The summed E-state index contributed by atoms with van der Waals surface area (Å²) < 4.78 is 7.20. The van der Waals surface area contributed by atoms with Crippen LogP contribution in [-0.2, 0) is 6.54 Å². The number of benzene rings is 1. The molecule has 0 fully saturated rings. The summed E-state index contributed by atoms with van der Waals surface area (Å²) in [5.41, 5.74) is 2.94. The minimum atomic E-state index is 0.582. The van der Waals surface area contributed by atoms with Gasteiger partial charge in [-0.25, -0.2) is 9.97 Å². The Morgan fingerprint density at radius 1 is 1.21 bits per heavy atom. The van der Waals surface area contributed by atoms with E-state index in [4.69, 9.17) is 4.74 Å². The predicted octanol–water partition coefficient (Wildman–Crippen LogP) is 2.19. The van der Waals surface area contributed by atoms with Gasteiger partial charge in [-0.05, 0) is 19.1 Å². The zero-order chi connectivity index (χ0) is 13.2. The van der Waals surface area contributed by atoms with Crippen LogP contribution < -0.4 is 4.74 Å². The number of hydrogen-bond donors (Lipinski definition) is 0. The highest BCUT2D eigenvalue weighted by Crippen LogP contribution is 2.14. The van der Waals surface area contributed by atoms with E-state index in [1.54, 1.807) is 7.11 Å². The topological polar surface area (TPSA) is 52.8 Å². The van der Waals surface area contributed by atoms with Crippen LogP contribution in [0.15, 0.2) is 36.7 Å². The Morgan fingerprint density at radius 3 is 2.89 bits per heavy atom. The first-order valence-corrected chi connectivity index (χ1v) is 6.04. The fourth-order valence-electron chi connectivity index (χ4n) is 2.06. The van der Waals surface area contributed by atoms with Crippen LogP contribution in [0.3, 0.4) is 0 Å². The summed E-state index contributed by atoms with van der Waals surface area (Å²) in [6, 6.07) is 9.82. The van der Waals surface area contributed by atoms with Gasteiger partial charge in [-0.15, -0.1) is 0 Å². The summed E-state index contributed by atoms with van der Waals surface area (Å²) in [5, 5.41) is 0. The molecule has 1 aromatic carbocycles. The molecule has 0 unspecified atom stereocenters. The van der Waals surface area contributed by atoms with Gasteiger partial charge in [-0.2, -0.15) is 4.98 Å². The van der Waals surface area contributed by atoms with Crippen LogP contribution >= 0.6 is 0 Å². The molecule has 0 saturated heterocycles. The van der Waals surface area contributed by atoms with Crippen molar-refractivity contribution in [2.45, 2.75) is 13.5 Å². The molecule has 0 saturated carbocycles. The molecule has 0 amide bonds. The number of methoxy groups -OCH3 is 1. The van der Waals surface area contributed by atoms with Crippen molar-refractivity contribution in [2.75, 3.05) is 7.11 Å². The SMILES string of the molecule is COc1cc(C)nc(Cn2cnc3ccccc32)n1. The van der Waals surface area contributed by atoms with Crippen molar-refractivity contribution in [1.29, 1.82) is 0 Å². The molecule has 0 aliphatic rings. The number of nitrogens with zero attached hydrogens (tertiary/aromatic N) is 4. The van der Waals surface area contributed by atoms with Crippen LogP contribution in [0.2, 0.25) is 0 Å². The second-order valence-electron chi connectivity index (χ2n) is 4.33. The molecule has 2 heterocycles. The molecular weight excluding hydrogens is 240 g/mol. The number of aryl methyl sites for hydroxylation is 1. The highest BCUT2D eigenvalue weighted by Gasteiger charge is 2.06. The van der Waals surface area contributed by atoms with E-state index in [0.29, 0.717) is 12.4 Å². The lowest BCUT2D eigenvalue weighted by atomic mass is 10.3. The Labute approximate surface area is 110 Å². The van der Waals surface area contributed by atoms with E-state index in [1.807, 2.05) is 48.1 Å². The fraction of sp³-hybridized carbons (Fsp3) is 0.214. The van der Waals surface area contributed by atoms with Gasteiger partial charge in [0.15, 0.2) is 5.82 Å². The lowest BCUT2D eigenvalue weighted by molar-refractivity contribution is 0.393. The lowest BCUT2D eigenvalue weighted by Crippen LogP contribution is -2.05. The number of imidazole rings is 1. The Bertz CT molecular complexity index is 720. The van der Waals surface area contributed by atoms with Crippen molar-refractivity contribution in [2.24, 2.45) is 0 Å². The molecule has 96 valence electrons. The highest BCUT2D eigenvalue weighted by atomic mass is 16.5. The van der Waals surface area contributed by atoms with Crippen molar-refractivity contribution in [3.63, 3.8) is 0 Å². The second kappa shape index (κ2) is 4.68. The molecule has 3 aromatic rings. The average Bonchev–Trinajstić information content (AvgIpc) is 2.82. The van der Waals surface area contributed by atoms with Crippen LogP contribution in [0.1, 0.15) is 11.5 Å². The van der Waals surface area contributed by atoms with Crippen LogP contribution in [-0.4, -0.2) is 26.6 Å². The van der Waals surface area contributed by atoms with Crippen molar-refractivity contribution < 1.29 is 4.74 Å². The molecule has 5 heteroatoms. The first-order chi connectivity index (χ1) is 9.26. The Hall–Kier alpha value is -2.43. The monoisotopic (exact) mass is 254 g/mol. The van der Waals surface area contributed by atoms with Crippen LogP contribution in [0, 0.1) is 6.92 Å². The summed E-state index contributed by atoms with van der Waals surface area (Å²) in [7, 11) is 1.61.